The average Bonchev–Trinajstić information content (AvgIpc) is 3.74. The number of aliphatic imine (C=N–C) groups is 1. The molecule has 1 amide bonds. The SMILES string of the molecule is CCCCC1=NC2(CCCC2)C(=O)N1Cc1ccc(-c2ccccc2S(=O)(=O)N(COCC[Si](C)(C)C)c2onc(C)c2C)c(CO)c1. The van der Waals surface area contributed by atoms with Gasteiger partial charge in [0.2, 0.25) is 5.88 Å². The number of amidine groups is 1. The van der Waals surface area contributed by atoms with Crippen molar-refractivity contribution in [3.05, 3.63) is 64.8 Å². The maximum atomic E-state index is 14.5. The molecule has 1 spiro atoms. The number of aryl methyl sites for hydroxylation is 1. The largest absolute Gasteiger partial charge is 0.392 e. The van der Waals surface area contributed by atoms with E-state index < -0.39 is 23.6 Å². The van der Waals surface area contributed by atoms with Crippen LogP contribution in [-0.4, -0.2) is 62.3 Å². The highest BCUT2D eigenvalue weighted by atomic mass is 32.2. The minimum Gasteiger partial charge on any atom is -0.392 e. The van der Waals surface area contributed by atoms with Crippen LogP contribution in [0.3, 0.4) is 0 Å². The van der Waals surface area contributed by atoms with Crippen LogP contribution in [0, 0.1) is 13.8 Å². The zero-order chi connectivity index (χ0) is 34.7. The molecule has 0 radical (unpaired) electrons. The Morgan fingerprint density at radius 1 is 1.08 bits per heavy atom. The molecule has 260 valence electrons. The molecule has 5 rings (SSSR count). The van der Waals surface area contributed by atoms with Crippen molar-refractivity contribution in [1.29, 1.82) is 0 Å². The molecule has 1 fully saturated rings. The molecule has 1 aliphatic heterocycles. The quantitative estimate of drug-likeness (QED) is 0.101. The van der Waals surface area contributed by atoms with Crippen molar-refractivity contribution in [2.75, 3.05) is 17.6 Å². The van der Waals surface area contributed by atoms with Crippen molar-refractivity contribution >= 4 is 35.7 Å². The predicted octanol–water partition coefficient (Wildman–Crippen LogP) is 7.20. The van der Waals surface area contributed by atoms with Crippen LogP contribution in [0.4, 0.5) is 5.88 Å². The number of aliphatic hydroxyl groups is 1. The zero-order valence-electron chi connectivity index (χ0n) is 29.2. The number of nitrogens with zero attached hydrogens (tertiary/aromatic N) is 4. The number of carbonyl (C=O) groups excluding carboxylic acids is 1. The van der Waals surface area contributed by atoms with Gasteiger partial charge in [0.1, 0.15) is 18.1 Å². The molecule has 0 unspecified atom stereocenters. The number of sulfonamides is 1. The van der Waals surface area contributed by atoms with E-state index in [2.05, 4.69) is 31.7 Å². The van der Waals surface area contributed by atoms with Gasteiger partial charge in [0.25, 0.3) is 15.9 Å². The zero-order valence-corrected chi connectivity index (χ0v) is 31.0. The fourth-order valence-electron chi connectivity index (χ4n) is 6.45. The minimum absolute atomic E-state index is 0.0570. The molecule has 2 aliphatic rings. The summed E-state index contributed by atoms with van der Waals surface area (Å²) in [7, 11) is -5.62. The molecule has 10 nitrogen and oxygen atoms in total. The Morgan fingerprint density at radius 2 is 1.81 bits per heavy atom. The van der Waals surface area contributed by atoms with Crippen LogP contribution < -0.4 is 4.31 Å². The van der Waals surface area contributed by atoms with Gasteiger partial charge in [0.15, 0.2) is 0 Å². The van der Waals surface area contributed by atoms with Crippen LogP contribution >= 0.6 is 0 Å². The molecule has 2 heterocycles. The average molecular weight is 695 g/mol. The predicted molar refractivity (Wildman–Crippen MR) is 191 cm³/mol. The van der Waals surface area contributed by atoms with Crippen molar-refractivity contribution in [1.82, 2.24) is 10.1 Å². The number of hydrogen-bond acceptors (Lipinski definition) is 8. The van der Waals surface area contributed by atoms with E-state index in [4.69, 9.17) is 14.3 Å². The van der Waals surface area contributed by atoms with E-state index in [1.165, 1.54) is 0 Å². The lowest BCUT2D eigenvalue weighted by atomic mass is 9.96. The first-order valence-electron chi connectivity index (χ1n) is 17.1. The lowest BCUT2D eigenvalue weighted by Gasteiger charge is -2.25. The molecule has 2 aromatic carbocycles. The summed E-state index contributed by atoms with van der Waals surface area (Å²) in [5.74, 6) is 1.03. The highest BCUT2D eigenvalue weighted by Gasteiger charge is 2.49. The number of amides is 1. The number of aliphatic hydroxyl groups excluding tert-OH is 1. The summed E-state index contributed by atoms with van der Waals surface area (Å²) in [6.07, 6.45) is 6.31. The summed E-state index contributed by atoms with van der Waals surface area (Å²) < 4.78 is 41.7. The summed E-state index contributed by atoms with van der Waals surface area (Å²) in [6.45, 7) is 12.6. The van der Waals surface area contributed by atoms with E-state index in [1.807, 2.05) is 23.1 Å². The summed E-state index contributed by atoms with van der Waals surface area (Å²) in [5.41, 5.74) is 3.03. The normalized spacial score (nSPS) is 16.3. The van der Waals surface area contributed by atoms with Crippen molar-refractivity contribution in [2.24, 2.45) is 4.99 Å². The van der Waals surface area contributed by atoms with Gasteiger partial charge in [-0.25, -0.2) is 12.7 Å². The number of carbonyl (C=O) groups is 1. The van der Waals surface area contributed by atoms with Crippen molar-refractivity contribution in [3.8, 4) is 11.1 Å². The second kappa shape index (κ2) is 14.7. The summed E-state index contributed by atoms with van der Waals surface area (Å²) in [4.78, 5) is 20.6. The first-order valence-corrected chi connectivity index (χ1v) is 22.2. The van der Waals surface area contributed by atoms with Gasteiger partial charge in [-0.05, 0) is 61.9 Å². The van der Waals surface area contributed by atoms with Gasteiger partial charge in [-0.15, -0.1) is 0 Å². The molecule has 0 bridgehead atoms. The highest BCUT2D eigenvalue weighted by Crippen LogP contribution is 2.41. The Morgan fingerprint density at radius 3 is 2.46 bits per heavy atom. The second-order valence-electron chi connectivity index (χ2n) is 14.3. The number of hydrogen-bond donors (Lipinski definition) is 1. The lowest BCUT2D eigenvalue weighted by Crippen LogP contribution is -2.40. The number of anilines is 1. The molecule has 0 atom stereocenters. The third-order valence-corrected chi connectivity index (χ3v) is 12.9. The molecular weight excluding hydrogens is 645 g/mol. The van der Waals surface area contributed by atoms with E-state index in [-0.39, 0.29) is 30.0 Å². The number of aromatic nitrogens is 1. The van der Waals surface area contributed by atoms with Crippen molar-refractivity contribution in [2.45, 2.75) is 115 Å². The van der Waals surface area contributed by atoms with Gasteiger partial charge in [0, 0.05) is 32.2 Å². The van der Waals surface area contributed by atoms with Crippen LogP contribution in [0.5, 0.6) is 0 Å². The standard InChI is InChI=1S/C36H50N4O6SSi/c1-7-8-15-33-37-36(18-11-12-19-36)35(42)39(33)23-28-16-17-30(29(22-28)24-41)31-13-9-10-14-32(31)47(43,44)40(25-45-20-21-48(4,5)6)34-26(2)27(3)38-46-34/h9-10,13-14,16-17,22,41H,7-8,11-12,15,18-21,23-25H2,1-6H3. The molecule has 1 aliphatic carbocycles. The number of ether oxygens (including phenoxy) is 1. The molecule has 0 saturated heterocycles. The van der Waals surface area contributed by atoms with Crippen LogP contribution in [0.1, 0.15) is 74.3 Å². The molecule has 12 heteroatoms. The Labute approximate surface area is 286 Å². The molecule has 1 saturated carbocycles. The van der Waals surface area contributed by atoms with Crippen LogP contribution in [0.2, 0.25) is 25.7 Å². The number of benzene rings is 2. The van der Waals surface area contributed by atoms with Crippen LogP contribution in [0.15, 0.2) is 56.9 Å². The first kappa shape index (κ1) is 36.0. The molecule has 48 heavy (non-hydrogen) atoms. The maximum absolute atomic E-state index is 14.5. The van der Waals surface area contributed by atoms with Gasteiger partial charge in [-0.1, -0.05) is 87.4 Å². The molecule has 1 aromatic heterocycles. The van der Waals surface area contributed by atoms with E-state index in [0.717, 1.165) is 66.7 Å². The van der Waals surface area contributed by atoms with E-state index in [1.54, 1.807) is 38.1 Å². The van der Waals surface area contributed by atoms with Gasteiger partial charge in [-0.2, -0.15) is 0 Å². The third kappa shape index (κ3) is 7.46. The summed E-state index contributed by atoms with van der Waals surface area (Å²) in [5, 5.41) is 14.6. The summed E-state index contributed by atoms with van der Waals surface area (Å²) >= 11 is 0. The van der Waals surface area contributed by atoms with Crippen molar-refractivity contribution < 1.29 is 27.6 Å². The monoisotopic (exact) mass is 694 g/mol. The van der Waals surface area contributed by atoms with Gasteiger partial charge in [0.05, 0.1) is 23.7 Å². The Balaban J connectivity index is 1.47. The fourth-order valence-corrected chi connectivity index (χ4v) is 8.75. The third-order valence-electron chi connectivity index (χ3n) is 9.47. The van der Waals surface area contributed by atoms with Crippen LogP contribution in [-0.2, 0) is 32.7 Å². The minimum atomic E-state index is -4.21. The topological polar surface area (TPSA) is 126 Å². The second-order valence-corrected chi connectivity index (χ2v) is 21.8. The van der Waals surface area contributed by atoms with E-state index in [9.17, 15) is 18.3 Å². The number of unbranched alkanes of at least 4 members (excludes halogenated alkanes) is 1. The van der Waals surface area contributed by atoms with E-state index >= 15 is 0 Å². The lowest BCUT2D eigenvalue weighted by molar-refractivity contribution is -0.131. The molecular formula is C36H50N4O6SSi. The maximum Gasteiger partial charge on any atom is 0.269 e. The Bertz CT molecular complexity index is 1760. The van der Waals surface area contributed by atoms with Crippen LogP contribution in [0.25, 0.3) is 11.1 Å². The highest BCUT2D eigenvalue weighted by molar-refractivity contribution is 7.93. The van der Waals surface area contributed by atoms with Gasteiger partial charge in [-0.3, -0.25) is 14.7 Å². The number of rotatable bonds is 15. The molecule has 3 aromatic rings. The Hall–Kier alpha value is -3.32. The summed E-state index contributed by atoms with van der Waals surface area (Å²) in [6, 6.07) is 13.3. The first-order chi connectivity index (χ1) is 22.8. The molecule has 1 N–H and O–H groups in total. The van der Waals surface area contributed by atoms with E-state index in [0.29, 0.717) is 41.1 Å². The Kier molecular flexibility index (Phi) is 11.0. The smallest absolute Gasteiger partial charge is 0.269 e. The van der Waals surface area contributed by atoms with Gasteiger partial charge >= 0.3 is 0 Å². The fraction of sp³-hybridized carbons (Fsp3) is 0.528. The van der Waals surface area contributed by atoms with Gasteiger partial charge < -0.3 is 14.4 Å². The van der Waals surface area contributed by atoms with Crippen molar-refractivity contribution in [3.63, 3.8) is 0 Å².